The van der Waals surface area contributed by atoms with Crippen molar-refractivity contribution in [3.8, 4) is 0 Å². The molecule has 3 rings (SSSR count). The SMILES string of the molecule is CC(C)=C1C[C@@]2(C)[C@@H](CC1=O)C[C@H](O[C@@H]1O[C@H](COS(=O)(=O)[O-])[C@@H](O)[C@H](O)[C@H]1O)C[C@@H]2C.[K+]. The van der Waals surface area contributed by atoms with E-state index < -0.39 is 47.7 Å². The number of Topliss-reactive ketones (excluding diaryl/α,β-unsaturated/α-hetero) is 1. The van der Waals surface area contributed by atoms with Crippen LogP contribution in [0.25, 0.3) is 0 Å². The van der Waals surface area contributed by atoms with Gasteiger partial charge in [0.05, 0.1) is 12.7 Å². The van der Waals surface area contributed by atoms with Crippen molar-refractivity contribution in [2.75, 3.05) is 6.61 Å². The van der Waals surface area contributed by atoms with Crippen LogP contribution < -0.4 is 51.4 Å². The predicted molar refractivity (Wildman–Crippen MR) is 110 cm³/mol. The first-order valence-corrected chi connectivity index (χ1v) is 12.2. The molecule has 184 valence electrons. The van der Waals surface area contributed by atoms with Gasteiger partial charge in [-0.3, -0.25) is 8.98 Å². The summed E-state index contributed by atoms with van der Waals surface area (Å²) in [6.07, 6.45) is -5.73. The summed E-state index contributed by atoms with van der Waals surface area (Å²) in [6.45, 7) is 7.38. The second-order valence-corrected chi connectivity index (χ2v) is 10.9. The number of ketones is 1. The molecule has 3 fully saturated rings. The molecule has 2 aliphatic carbocycles. The minimum absolute atomic E-state index is 0. The molecule has 0 amide bonds. The number of aliphatic hydroxyl groups is 3. The minimum Gasteiger partial charge on any atom is -0.726 e. The number of hydrogen-bond acceptors (Lipinski definition) is 10. The third-order valence-corrected chi connectivity index (χ3v) is 7.95. The Balaban J connectivity index is 0.00000385. The van der Waals surface area contributed by atoms with Crippen LogP contribution in [-0.4, -0.2) is 77.5 Å². The molecule has 0 spiro atoms. The maximum atomic E-state index is 12.7. The molecule has 12 heteroatoms. The van der Waals surface area contributed by atoms with Gasteiger partial charge in [0, 0.05) is 6.42 Å². The molecule has 1 saturated heterocycles. The summed E-state index contributed by atoms with van der Waals surface area (Å²) in [5.74, 6) is 0.423. The van der Waals surface area contributed by atoms with Crippen molar-refractivity contribution in [2.45, 2.75) is 90.2 Å². The van der Waals surface area contributed by atoms with Gasteiger partial charge in [-0.25, -0.2) is 8.42 Å². The van der Waals surface area contributed by atoms with E-state index >= 15 is 0 Å². The Morgan fingerprint density at radius 3 is 2.39 bits per heavy atom. The van der Waals surface area contributed by atoms with E-state index in [9.17, 15) is 33.1 Å². The average Bonchev–Trinajstić information content (AvgIpc) is 2.68. The number of carbonyl (C=O) groups is 1. The maximum Gasteiger partial charge on any atom is 1.00 e. The first-order chi connectivity index (χ1) is 14.7. The quantitative estimate of drug-likeness (QED) is 0.116. The molecule has 0 aromatic carbocycles. The monoisotopic (exact) mass is 516 g/mol. The maximum absolute atomic E-state index is 12.7. The van der Waals surface area contributed by atoms with Gasteiger partial charge in [0.25, 0.3) is 0 Å². The van der Waals surface area contributed by atoms with Crippen molar-refractivity contribution in [3.05, 3.63) is 11.1 Å². The van der Waals surface area contributed by atoms with Gasteiger partial charge < -0.3 is 29.3 Å². The Bertz CT molecular complexity index is 857. The largest absolute Gasteiger partial charge is 1.00 e. The number of allylic oxidation sites excluding steroid dienone is 2. The van der Waals surface area contributed by atoms with Gasteiger partial charge in [0.2, 0.25) is 10.4 Å². The van der Waals surface area contributed by atoms with E-state index in [1.807, 2.05) is 13.8 Å². The van der Waals surface area contributed by atoms with E-state index in [-0.39, 0.29) is 80.5 Å². The summed E-state index contributed by atoms with van der Waals surface area (Å²) in [5.41, 5.74) is 1.87. The van der Waals surface area contributed by atoms with Crippen molar-refractivity contribution in [1.82, 2.24) is 0 Å². The van der Waals surface area contributed by atoms with Gasteiger partial charge in [-0.2, -0.15) is 0 Å². The molecule has 0 radical (unpaired) electrons. The summed E-state index contributed by atoms with van der Waals surface area (Å²) in [5, 5.41) is 30.5. The summed E-state index contributed by atoms with van der Waals surface area (Å²) in [4.78, 5) is 12.7. The molecule has 33 heavy (non-hydrogen) atoms. The zero-order chi connectivity index (χ0) is 24.0. The van der Waals surface area contributed by atoms with Gasteiger partial charge in [-0.1, -0.05) is 19.4 Å². The van der Waals surface area contributed by atoms with Crippen LogP contribution in [0.3, 0.4) is 0 Å². The van der Waals surface area contributed by atoms with Crippen molar-refractivity contribution in [3.63, 3.8) is 0 Å². The number of fused-ring (bicyclic) bond motifs is 1. The van der Waals surface area contributed by atoms with Crippen LogP contribution in [0.4, 0.5) is 0 Å². The topological polar surface area (TPSA) is 163 Å². The van der Waals surface area contributed by atoms with Crippen molar-refractivity contribution < 1.29 is 98.1 Å². The first-order valence-electron chi connectivity index (χ1n) is 10.9. The van der Waals surface area contributed by atoms with Crippen LogP contribution in [0.15, 0.2) is 11.1 Å². The van der Waals surface area contributed by atoms with E-state index in [4.69, 9.17) is 9.47 Å². The minimum atomic E-state index is -5.03. The molecule has 1 aliphatic heterocycles. The fourth-order valence-electron chi connectivity index (χ4n) is 5.28. The molecule has 9 atom stereocenters. The van der Waals surface area contributed by atoms with Gasteiger partial charge in [-0.05, 0) is 55.9 Å². The number of hydrogen-bond donors (Lipinski definition) is 3. The summed E-state index contributed by atoms with van der Waals surface area (Å²) >= 11 is 0. The van der Waals surface area contributed by atoms with E-state index in [2.05, 4.69) is 18.0 Å². The van der Waals surface area contributed by atoms with Gasteiger partial charge in [0.15, 0.2) is 12.1 Å². The van der Waals surface area contributed by atoms with Crippen molar-refractivity contribution in [2.24, 2.45) is 17.3 Å². The third-order valence-electron chi connectivity index (χ3n) is 7.52. The van der Waals surface area contributed by atoms with Gasteiger partial charge in [0.1, 0.15) is 24.4 Å². The predicted octanol–water partition coefficient (Wildman–Crippen LogP) is -2.59. The second-order valence-electron chi connectivity index (χ2n) is 9.82. The average molecular weight is 517 g/mol. The Hall–Kier alpha value is 0.716. The van der Waals surface area contributed by atoms with E-state index in [1.165, 1.54) is 0 Å². The van der Waals surface area contributed by atoms with Crippen LogP contribution in [0.5, 0.6) is 0 Å². The third kappa shape index (κ3) is 6.73. The Labute approximate surface area is 237 Å². The Morgan fingerprint density at radius 1 is 1.18 bits per heavy atom. The van der Waals surface area contributed by atoms with Crippen LogP contribution >= 0.6 is 0 Å². The standard InChI is InChI=1S/C21H34O10S.K/c1-10(2)14-8-21(4)11(3)5-13(6-12(21)7-15(14)22)30-20-19(25)18(24)17(23)16(31-20)9-29-32(26,27)28;/h11-13,16-20,23-25H,5-9H2,1-4H3,(H,26,27,28);/q;+1/p-1/t11-,12+,13+,16+,17+,18-,19+,20+,21+;/m0./s1. The molecule has 0 bridgehead atoms. The van der Waals surface area contributed by atoms with Crippen molar-refractivity contribution >= 4 is 16.2 Å². The van der Waals surface area contributed by atoms with E-state index in [0.29, 0.717) is 25.7 Å². The Morgan fingerprint density at radius 2 is 1.82 bits per heavy atom. The molecule has 1 heterocycles. The molecule has 0 aromatic heterocycles. The molecule has 0 aromatic rings. The number of carbonyl (C=O) groups excluding carboxylic acids is 1. The zero-order valence-electron chi connectivity index (χ0n) is 19.8. The normalized spacial score (nSPS) is 41.8. The Kier molecular flexibility index (Phi) is 10.3. The summed E-state index contributed by atoms with van der Waals surface area (Å²) < 4.78 is 47.7. The van der Waals surface area contributed by atoms with Gasteiger partial charge >= 0.3 is 51.4 Å². The van der Waals surface area contributed by atoms with Crippen LogP contribution in [0.2, 0.25) is 0 Å². The molecule has 3 N–H and O–H groups in total. The van der Waals surface area contributed by atoms with Gasteiger partial charge in [-0.15, -0.1) is 0 Å². The summed E-state index contributed by atoms with van der Waals surface area (Å²) in [7, 11) is -5.03. The van der Waals surface area contributed by atoms with Crippen LogP contribution in [0, 0.1) is 17.3 Å². The summed E-state index contributed by atoms with van der Waals surface area (Å²) in [6, 6.07) is 0. The number of rotatable bonds is 5. The van der Waals surface area contributed by atoms with E-state index in [1.54, 1.807) is 0 Å². The molecular formula is C21H33KO10S. The zero-order valence-corrected chi connectivity index (χ0v) is 23.7. The second kappa shape index (κ2) is 11.4. The van der Waals surface area contributed by atoms with Crippen molar-refractivity contribution in [1.29, 1.82) is 0 Å². The fraction of sp³-hybridized carbons (Fsp3) is 0.857. The van der Waals surface area contributed by atoms with E-state index in [0.717, 1.165) is 11.1 Å². The molecule has 10 nitrogen and oxygen atoms in total. The number of aliphatic hydroxyl groups excluding tert-OH is 3. The molecular weight excluding hydrogens is 483 g/mol. The van der Waals surface area contributed by atoms with Crippen LogP contribution in [0.1, 0.15) is 53.4 Å². The smallest absolute Gasteiger partial charge is 0.726 e. The van der Waals surface area contributed by atoms with Crippen LogP contribution in [-0.2, 0) is 28.9 Å². The first kappa shape index (κ1) is 29.9. The molecule has 3 aliphatic rings. The molecule has 2 saturated carbocycles. The molecule has 0 unspecified atom stereocenters. The fourth-order valence-corrected chi connectivity index (χ4v) is 5.58. The number of ether oxygens (including phenoxy) is 2.